The fraction of sp³-hybridized carbons (Fsp3) is 0.533. The molecule has 0 aliphatic carbocycles. The zero-order chi connectivity index (χ0) is 13.2. The van der Waals surface area contributed by atoms with Gasteiger partial charge in [-0.15, -0.1) is 0 Å². The van der Waals surface area contributed by atoms with E-state index in [2.05, 4.69) is 40.5 Å². The maximum Gasteiger partial charge on any atom is 0.317 e. The van der Waals surface area contributed by atoms with Gasteiger partial charge in [-0.05, 0) is 17.4 Å². The Morgan fingerprint density at radius 2 is 1.79 bits per heavy atom. The number of hydrogen-bond acceptors (Lipinski definition) is 2. The highest BCUT2D eigenvalue weighted by Gasteiger charge is 2.41. The molecule has 0 spiro atoms. The van der Waals surface area contributed by atoms with Crippen LogP contribution in [0.2, 0.25) is 0 Å². The third-order valence-electron chi connectivity index (χ3n) is 4.31. The van der Waals surface area contributed by atoms with Crippen LogP contribution in [0.1, 0.15) is 5.56 Å². The summed E-state index contributed by atoms with van der Waals surface area (Å²) in [6.45, 7) is 5.10. The minimum atomic E-state index is 0.0732. The Balaban J connectivity index is 1.55. The van der Waals surface area contributed by atoms with Gasteiger partial charge < -0.3 is 10.2 Å². The molecule has 0 bridgehead atoms. The molecule has 2 aliphatic heterocycles. The number of carbonyl (C=O) groups excluding carboxylic acids is 1. The summed E-state index contributed by atoms with van der Waals surface area (Å²) >= 11 is 0. The molecular weight excluding hydrogens is 238 g/mol. The second-order valence-electron chi connectivity index (χ2n) is 5.66. The van der Waals surface area contributed by atoms with Crippen molar-refractivity contribution in [3.63, 3.8) is 0 Å². The molecule has 2 aliphatic rings. The van der Waals surface area contributed by atoms with E-state index in [4.69, 9.17) is 0 Å². The van der Waals surface area contributed by atoms with Crippen LogP contribution in [-0.2, 0) is 6.54 Å². The maximum absolute atomic E-state index is 11.6. The minimum absolute atomic E-state index is 0.0732. The van der Waals surface area contributed by atoms with Crippen molar-refractivity contribution < 1.29 is 4.79 Å². The van der Waals surface area contributed by atoms with Crippen molar-refractivity contribution in [2.45, 2.75) is 6.54 Å². The van der Waals surface area contributed by atoms with E-state index in [1.807, 2.05) is 4.90 Å². The fourth-order valence-corrected chi connectivity index (χ4v) is 3.38. The lowest BCUT2D eigenvalue weighted by molar-refractivity contribution is 0.201. The van der Waals surface area contributed by atoms with Gasteiger partial charge in [0, 0.05) is 39.8 Å². The van der Waals surface area contributed by atoms with E-state index in [0.717, 1.165) is 32.7 Å². The number of hydrogen-bond donors (Lipinski definition) is 1. The lowest BCUT2D eigenvalue weighted by Crippen LogP contribution is -2.38. The van der Waals surface area contributed by atoms with Crippen LogP contribution >= 0.6 is 0 Å². The van der Waals surface area contributed by atoms with Gasteiger partial charge in [0.25, 0.3) is 0 Å². The highest BCUT2D eigenvalue weighted by molar-refractivity contribution is 5.74. The molecule has 0 aromatic heterocycles. The molecule has 102 valence electrons. The number of nitrogens with one attached hydrogen (secondary N) is 1. The third-order valence-corrected chi connectivity index (χ3v) is 4.31. The predicted molar refractivity (Wildman–Crippen MR) is 74.7 cm³/mol. The van der Waals surface area contributed by atoms with Crippen molar-refractivity contribution >= 4 is 6.03 Å². The van der Waals surface area contributed by atoms with Crippen LogP contribution in [0, 0.1) is 11.8 Å². The van der Waals surface area contributed by atoms with Crippen molar-refractivity contribution in [1.82, 2.24) is 15.1 Å². The average molecular weight is 259 g/mol. The molecule has 1 aromatic rings. The lowest BCUT2D eigenvalue weighted by Gasteiger charge is -2.21. The van der Waals surface area contributed by atoms with Crippen LogP contribution in [0.5, 0.6) is 0 Å². The molecular formula is C15H21N3O. The fourth-order valence-electron chi connectivity index (χ4n) is 3.38. The summed E-state index contributed by atoms with van der Waals surface area (Å²) < 4.78 is 0. The Hall–Kier alpha value is -1.55. The van der Waals surface area contributed by atoms with Gasteiger partial charge in [0.15, 0.2) is 0 Å². The quantitative estimate of drug-likeness (QED) is 0.871. The molecule has 2 atom stereocenters. The summed E-state index contributed by atoms with van der Waals surface area (Å²) in [4.78, 5) is 16.1. The van der Waals surface area contributed by atoms with Crippen molar-refractivity contribution in [3.05, 3.63) is 35.9 Å². The van der Waals surface area contributed by atoms with Crippen molar-refractivity contribution in [1.29, 1.82) is 0 Å². The molecule has 0 radical (unpaired) electrons. The van der Waals surface area contributed by atoms with Crippen LogP contribution in [-0.4, -0.2) is 49.1 Å². The van der Waals surface area contributed by atoms with Gasteiger partial charge in [0.1, 0.15) is 0 Å². The Morgan fingerprint density at radius 1 is 1.16 bits per heavy atom. The molecule has 0 saturated carbocycles. The van der Waals surface area contributed by atoms with E-state index in [0.29, 0.717) is 11.8 Å². The highest BCUT2D eigenvalue weighted by Crippen LogP contribution is 2.31. The number of fused-ring (bicyclic) bond motifs is 1. The van der Waals surface area contributed by atoms with Gasteiger partial charge in [0.05, 0.1) is 0 Å². The van der Waals surface area contributed by atoms with Crippen LogP contribution < -0.4 is 5.32 Å². The first-order valence-electron chi connectivity index (χ1n) is 6.99. The number of likely N-dealkylation sites (tertiary alicyclic amines) is 2. The van der Waals surface area contributed by atoms with Gasteiger partial charge in [0.2, 0.25) is 0 Å². The molecule has 4 nitrogen and oxygen atoms in total. The molecule has 3 rings (SSSR count). The highest BCUT2D eigenvalue weighted by atomic mass is 16.2. The molecule has 2 amide bonds. The standard InChI is InChI=1S/C15H21N3O/c1-16-15(19)18-10-13-8-17(9-14(13)11-18)7-12-5-3-2-4-6-12/h2-6,13-14H,7-11H2,1H3,(H,16,19)/t13-,14+. The smallest absolute Gasteiger partial charge is 0.317 e. The number of nitrogens with zero attached hydrogens (tertiary/aromatic N) is 2. The molecule has 0 unspecified atom stereocenters. The molecule has 2 heterocycles. The number of carbonyl (C=O) groups is 1. The number of urea groups is 1. The number of rotatable bonds is 2. The SMILES string of the molecule is CNC(=O)N1C[C@H]2CN(Cc3ccccc3)C[C@H]2C1. The van der Waals surface area contributed by atoms with E-state index < -0.39 is 0 Å². The molecule has 1 N–H and O–H groups in total. The van der Waals surface area contributed by atoms with Crippen LogP contribution in [0.3, 0.4) is 0 Å². The summed E-state index contributed by atoms with van der Waals surface area (Å²) in [6.07, 6.45) is 0. The summed E-state index contributed by atoms with van der Waals surface area (Å²) in [5, 5.41) is 2.72. The Labute approximate surface area is 114 Å². The molecule has 1 aromatic carbocycles. The molecule has 2 saturated heterocycles. The van der Waals surface area contributed by atoms with Crippen molar-refractivity contribution in [2.24, 2.45) is 11.8 Å². The topological polar surface area (TPSA) is 35.6 Å². The predicted octanol–water partition coefficient (Wildman–Crippen LogP) is 1.39. The summed E-state index contributed by atoms with van der Waals surface area (Å²) in [6, 6.07) is 10.7. The van der Waals surface area contributed by atoms with E-state index >= 15 is 0 Å². The van der Waals surface area contributed by atoms with Crippen molar-refractivity contribution in [3.8, 4) is 0 Å². The minimum Gasteiger partial charge on any atom is -0.341 e. The molecule has 19 heavy (non-hydrogen) atoms. The van der Waals surface area contributed by atoms with Crippen LogP contribution in [0.25, 0.3) is 0 Å². The monoisotopic (exact) mass is 259 g/mol. The number of amides is 2. The first-order valence-corrected chi connectivity index (χ1v) is 6.99. The van der Waals surface area contributed by atoms with Crippen LogP contribution in [0.15, 0.2) is 30.3 Å². The summed E-state index contributed by atoms with van der Waals surface area (Å²) in [7, 11) is 1.71. The lowest BCUT2D eigenvalue weighted by atomic mass is 10.0. The summed E-state index contributed by atoms with van der Waals surface area (Å²) in [5.74, 6) is 1.31. The Bertz CT molecular complexity index is 434. The first kappa shape index (κ1) is 12.5. The van der Waals surface area contributed by atoms with E-state index in [1.54, 1.807) is 7.05 Å². The third kappa shape index (κ3) is 2.59. The number of benzene rings is 1. The largest absolute Gasteiger partial charge is 0.341 e. The van der Waals surface area contributed by atoms with Gasteiger partial charge in [-0.1, -0.05) is 30.3 Å². The second-order valence-corrected chi connectivity index (χ2v) is 5.66. The average Bonchev–Trinajstić information content (AvgIpc) is 2.97. The normalized spacial score (nSPS) is 26.5. The zero-order valence-electron chi connectivity index (χ0n) is 11.4. The second kappa shape index (κ2) is 5.21. The van der Waals surface area contributed by atoms with Crippen molar-refractivity contribution in [2.75, 3.05) is 33.2 Å². The molecule has 4 heteroatoms. The van der Waals surface area contributed by atoms with Gasteiger partial charge >= 0.3 is 6.03 Å². The first-order chi connectivity index (χ1) is 9.26. The molecule has 2 fully saturated rings. The summed E-state index contributed by atoms with van der Waals surface area (Å²) in [5.41, 5.74) is 1.38. The van der Waals surface area contributed by atoms with Gasteiger partial charge in [-0.3, -0.25) is 4.90 Å². The van der Waals surface area contributed by atoms with E-state index in [1.165, 1.54) is 5.56 Å². The van der Waals surface area contributed by atoms with Gasteiger partial charge in [-0.25, -0.2) is 4.79 Å². The van der Waals surface area contributed by atoms with E-state index in [9.17, 15) is 4.79 Å². The Kier molecular flexibility index (Phi) is 3.42. The van der Waals surface area contributed by atoms with Gasteiger partial charge in [-0.2, -0.15) is 0 Å². The zero-order valence-corrected chi connectivity index (χ0v) is 11.4. The van der Waals surface area contributed by atoms with Crippen LogP contribution in [0.4, 0.5) is 4.79 Å². The Morgan fingerprint density at radius 3 is 2.37 bits per heavy atom. The maximum atomic E-state index is 11.6. The van der Waals surface area contributed by atoms with E-state index in [-0.39, 0.29) is 6.03 Å².